The Morgan fingerprint density at radius 3 is 2.40 bits per heavy atom. The largest absolute Gasteiger partial charge is 0.388 e. The smallest absolute Gasteiger partial charge is 0.253 e. The number of benzene rings is 1. The maximum atomic E-state index is 11.9. The summed E-state index contributed by atoms with van der Waals surface area (Å²) < 4.78 is 0. The van der Waals surface area contributed by atoms with Crippen LogP contribution in [0.15, 0.2) is 29.3 Å². The second-order valence-electron chi connectivity index (χ2n) is 6.88. The van der Waals surface area contributed by atoms with Gasteiger partial charge in [0, 0.05) is 32.7 Å². The van der Waals surface area contributed by atoms with Crippen molar-refractivity contribution < 1.29 is 9.90 Å². The molecule has 1 amide bonds. The van der Waals surface area contributed by atoms with E-state index < -0.39 is 5.60 Å². The molecule has 6 heteroatoms. The molecule has 2 rings (SSSR count). The second-order valence-corrected chi connectivity index (χ2v) is 6.88. The van der Waals surface area contributed by atoms with E-state index in [0.717, 1.165) is 37.8 Å². The molecule has 1 fully saturated rings. The summed E-state index contributed by atoms with van der Waals surface area (Å²) in [6, 6.07) is 7.51. The Bertz CT molecular complexity index is 590. The van der Waals surface area contributed by atoms with Gasteiger partial charge in [-0.3, -0.25) is 4.79 Å². The predicted octanol–water partition coefficient (Wildman–Crippen LogP) is 1.75. The molecule has 1 aliphatic carbocycles. The first kappa shape index (κ1) is 19.2. The van der Waals surface area contributed by atoms with Crippen molar-refractivity contribution in [2.24, 2.45) is 4.99 Å². The van der Waals surface area contributed by atoms with Crippen LogP contribution in [0.1, 0.15) is 48.5 Å². The van der Waals surface area contributed by atoms with Crippen LogP contribution < -0.4 is 10.6 Å². The minimum atomic E-state index is -0.607. The summed E-state index contributed by atoms with van der Waals surface area (Å²) in [5, 5.41) is 16.9. The number of aliphatic imine (C=N–C) groups is 1. The second kappa shape index (κ2) is 8.85. The molecule has 1 aliphatic rings. The van der Waals surface area contributed by atoms with Crippen LogP contribution in [0.4, 0.5) is 0 Å². The van der Waals surface area contributed by atoms with Gasteiger partial charge in [-0.1, -0.05) is 25.0 Å². The molecule has 0 atom stereocenters. The number of amides is 1. The molecule has 1 saturated carbocycles. The van der Waals surface area contributed by atoms with E-state index >= 15 is 0 Å². The Labute approximate surface area is 150 Å². The van der Waals surface area contributed by atoms with E-state index in [2.05, 4.69) is 15.6 Å². The first-order chi connectivity index (χ1) is 11.9. The number of carbonyl (C=O) groups is 1. The summed E-state index contributed by atoms with van der Waals surface area (Å²) >= 11 is 0. The first-order valence-corrected chi connectivity index (χ1v) is 8.99. The number of hydrogen-bond donors (Lipinski definition) is 3. The molecule has 0 saturated heterocycles. The molecular weight excluding hydrogens is 316 g/mol. The van der Waals surface area contributed by atoms with Crippen LogP contribution in [0.3, 0.4) is 0 Å². The fourth-order valence-corrected chi connectivity index (χ4v) is 2.98. The zero-order valence-corrected chi connectivity index (χ0v) is 15.5. The number of rotatable bonds is 6. The van der Waals surface area contributed by atoms with E-state index in [-0.39, 0.29) is 5.91 Å². The molecule has 0 aliphatic heterocycles. The van der Waals surface area contributed by atoms with Crippen molar-refractivity contribution in [2.75, 3.05) is 27.2 Å². The molecule has 1 aromatic rings. The lowest BCUT2D eigenvalue weighted by atomic mass is 10.0. The van der Waals surface area contributed by atoms with Crippen molar-refractivity contribution in [2.45, 2.75) is 44.8 Å². The lowest BCUT2D eigenvalue weighted by Crippen LogP contribution is -2.46. The van der Waals surface area contributed by atoms with Gasteiger partial charge in [0.1, 0.15) is 0 Å². The summed E-state index contributed by atoms with van der Waals surface area (Å²) in [6.45, 7) is 3.82. The van der Waals surface area contributed by atoms with Crippen LogP contribution in [-0.4, -0.2) is 54.7 Å². The highest BCUT2D eigenvalue weighted by molar-refractivity contribution is 5.93. The average Bonchev–Trinajstić information content (AvgIpc) is 3.04. The highest BCUT2D eigenvalue weighted by Crippen LogP contribution is 2.28. The van der Waals surface area contributed by atoms with Crippen molar-refractivity contribution in [1.82, 2.24) is 15.5 Å². The molecule has 0 bridgehead atoms. The third-order valence-corrected chi connectivity index (χ3v) is 4.49. The Morgan fingerprint density at radius 1 is 1.20 bits per heavy atom. The van der Waals surface area contributed by atoms with Crippen LogP contribution in [0.2, 0.25) is 0 Å². The minimum Gasteiger partial charge on any atom is -0.388 e. The SMILES string of the molecule is CCNC(=NCc1ccc(C(=O)N(C)C)cc1)NCC1(O)CCCC1. The maximum absolute atomic E-state index is 11.9. The molecule has 0 spiro atoms. The van der Waals surface area contributed by atoms with Crippen LogP contribution >= 0.6 is 0 Å². The van der Waals surface area contributed by atoms with E-state index in [1.807, 2.05) is 31.2 Å². The van der Waals surface area contributed by atoms with Crippen molar-refractivity contribution >= 4 is 11.9 Å². The van der Waals surface area contributed by atoms with Crippen LogP contribution in [-0.2, 0) is 6.54 Å². The van der Waals surface area contributed by atoms with Gasteiger partial charge < -0.3 is 20.6 Å². The monoisotopic (exact) mass is 346 g/mol. The van der Waals surface area contributed by atoms with Gasteiger partial charge in [0.25, 0.3) is 5.91 Å². The number of hydrogen-bond acceptors (Lipinski definition) is 3. The fourth-order valence-electron chi connectivity index (χ4n) is 2.98. The first-order valence-electron chi connectivity index (χ1n) is 8.99. The summed E-state index contributed by atoms with van der Waals surface area (Å²) in [7, 11) is 3.49. The number of aliphatic hydroxyl groups is 1. The van der Waals surface area contributed by atoms with Crippen molar-refractivity contribution in [3.05, 3.63) is 35.4 Å². The van der Waals surface area contributed by atoms with E-state index in [9.17, 15) is 9.90 Å². The molecule has 3 N–H and O–H groups in total. The Balaban J connectivity index is 1.94. The lowest BCUT2D eigenvalue weighted by molar-refractivity contribution is 0.0522. The van der Waals surface area contributed by atoms with Gasteiger partial charge in [-0.05, 0) is 37.5 Å². The van der Waals surface area contributed by atoms with Crippen LogP contribution in [0.5, 0.6) is 0 Å². The molecule has 1 aromatic carbocycles. The standard InChI is InChI=1S/C19H30N4O2/c1-4-20-18(22-14-19(25)11-5-6-12-19)21-13-15-7-9-16(10-8-15)17(24)23(2)3/h7-10,25H,4-6,11-14H2,1-3H3,(H2,20,21,22). The molecule has 0 unspecified atom stereocenters. The van der Waals surface area contributed by atoms with Crippen LogP contribution in [0.25, 0.3) is 0 Å². The lowest BCUT2D eigenvalue weighted by Gasteiger charge is -2.23. The van der Waals surface area contributed by atoms with Crippen molar-refractivity contribution in [3.63, 3.8) is 0 Å². The quantitative estimate of drug-likeness (QED) is 0.542. The molecule has 6 nitrogen and oxygen atoms in total. The molecular formula is C19H30N4O2. The fraction of sp³-hybridized carbons (Fsp3) is 0.579. The molecule has 0 radical (unpaired) electrons. The third-order valence-electron chi connectivity index (χ3n) is 4.49. The number of carbonyl (C=O) groups excluding carboxylic acids is 1. The maximum Gasteiger partial charge on any atom is 0.253 e. The van der Waals surface area contributed by atoms with Crippen molar-refractivity contribution in [3.8, 4) is 0 Å². The van der Waals surface area contributed by atoms with Gasteiger partial charge in [-0.25, -0.2) is 4.99 Å². The number of nitrogens with zero attached hydrogens (tertiary/aromatic N) is 2. The summed E-state index contributed by atoms with van der Waals surface area (Å²) in [5.41, 5.74) is 1.10. The zero-order valence-electron chi connectivity index (χ0n) is 15.5. The Morgan fingerprint density at radius 2 is 1.84 bits per heavy atom. The predicted molar refractivity (Wildman–Crippen MR) is 101 cm³/mol. The van der Waals surface area contributed by atoms with Crippen LogP contribution in [0, 0.1) is 0 Å². The third kappa shape index (κ3) is 5.74. The molecule has 0 heterocycles. The Kier molecular flexibility index (Phi) is 6.82. The minimum absolute atomic E-state index is 0.00476. The highest BCUT2D eigenvalue weighted by Gasteiger charge is 2.30. The van der Waals surface area contributed by atoms with Gasteiger partial charge in [0.05, 0.1) is 12.1 Å². The van der Waals surface area contributed by atoms with Gasteiger partial charge in [0.2, 0.25) is 0 Å². The normalized spacial score (nSPS) is 16.6. The van der Waals surface area contributed by atoms with Gasteiger partial charge >= 0.3 is 0 Å². The number of guanidine groups is 1. The molecule has 25 heavy (non-hydrogen) atoms. The summed E-state index contributed by atoms with van der Waals surface area (Å²) in [6.07, 6.45) is 3.87. The van der Waals surface area contributed by atoms with Gasteiger partial charge in [-0.15, -0.1) is 0 Å². The van der Waals surface area contributed by atoms with Gasteiger partial charge in [0.15, 0.2) is 5.96 Å². The van der Waals surface area contributed by atoms with Gasteiger partial charge in [-0.2, -0.15) is 0 Å². The Hall–Kier alpha value is -2.08. The van der Waals surface area contributed by atoms with E-state index in [1.165, 1.54) is 0 Å². The van der Waals surface area contributed by atoms with Crippen molar-refractivity contribution in [1.29, 1.82) is 0 Å². The summed E-state index contributed by atoms with van der Waals surface area (Å²) in [4.78, 5) is 18.0. The topological polar surface area (TPSA) is 77.0 Å². The average molecular weight is 346 g/mol. The number of nitrogens with one attached hydrogen (secondary N) is 2. The summed E-state index contributed by atoms with van der Waals surface area (Å²) in [5.74, 6) is 0.700. The molecule has 0 aromatic heterocycles. The van der Waals surface area contributed by atoms with E-state index in [1.54, 1.807) is 19.0 Å². The molecule has 138 valence electrons. The highest BCUT2D eigenvalue weighted by atomic mass is 16.3. The van der Waals surface area contributed by atoms with E-state index in [4.69, 9.17) is 0 Å². The van der Waals surface area contributed by atoms with E-state index in [0.29, 0.717) is 24.6 Å². The zero-order chi connectivity index (χ0) is 18.3.